The van der Waals surface area contributed by atoms with Gasteiger partial charge in [0.2, 0.25) is 0 Å². The summed E-state index contributed by atoms with van der Waals surface area (Å²) < 4.78 is 5.22. The highest BCUT2D eigenvalue weighted by molar-refractivity contribution is 5.97. The minimum Gasteiger partial charge on any atom is -0.428 e. The van der Waals surface area contributed by atoms with Crippen molar-refractivity contribution in [1.29, 1.82) is 0 Å². The van der Waals surface area contributed by atoms with Crippen LogP contribution in [0.2, 0.25) is 0 Å². The van der Waals surface area contributed by atoms with Crippen LogP contribution in [-0.4, -0.2) is 17.1 Å². The molecule has 0 rings (SSSR count). The molecule has 0 fully saturated rings. The number of hydrogen-bond acceptors (Lipinski definition) is 1. The second-order valence-corrected chi connectivity index (χ2v) is 4.82. The molecular formula is C10H24OSi. The maximum Gasteiger partial charge on any atom is 0.145 e. The summed E-state index contributed by atoms with van der Waals surface area (Å²) in [6.07, 6.45) is 5.50. The van der Waals surface area contributed by atoms with E-state index in [0.29, 0.717) is 0 Å². The van der Waals surface area contributed by atoms with Gasteiger partial charge >= 0.3 is 0 Å². The Bertz CT molecular complexity index is 93.8. The van der Waals surface area contributed by atoms with Gasteiger partial charge in [-0.2, -0.15) is 0 Å². The van der Waals surface area contributed by atoms with E-state index in [9.17, 15) is 0 Å². The van der Waals surface area contributed by atoms with Gasteiger partial charge in [0.05, 0.1) is 0 Å². The molecule has 12 heavy (non-hydrogen) atoms. The van der Waals surface area contributed by atoms with E-state index in [1.54, 1.807) is 0 Å². The molecule has 74 valence electrons. The molecule has 0 spiro atoms. The standard InChI is InChI=1S/C10H24OSi/c1-9(2)6-4-5-7-10(3)8-11-12/h9-10H,4-8H2,1-3,12H3. The van der Waals surface area contributed by atoms with Crippen molar-refractivity contribution in [1.82, 2.24) is 0 Å². The Morgan fingerprint density at radius 1 is 1.08 bits per heavy atom. The highest BCUT2D eigenvalue weighted by atomic mass is 28.2. The van der Waals surface area contributed by atoms with Crippen LogP contribution in [0.1, 0.15) is 46.5 Å². The molecule has 1 atom stereocenters. The maximum absolute atomic E-state index is 5.22. The first kappa shape index (κ1) is 12.2. The molecule has 1 unspecified atom stereocenters. The predicted octanol–water partition coefficient (Wildman–Crippen LogP) is 2.14. The smallest absolute Gasteiger partial charge is 0.145 e. The predicted molar refractivity (Wildman–Crippen MR) is 58.4 cm³/mol. The van der Waals surface area contributed by atoms with Gasteiger partial charge in [0.15, 0.2) is 0 Å². The lowest BCUT2D eigenvalue weighted by molar-refractivity contribution is 0.268. The molecule has 0 aliphatic heterocycles. The molecule has 0 saturated carbocycles. The van der Waals surface area contributed by atoms with E-state index in [0.717, 1.165) is 28.9 Å². The van der Waals surface area contributed by atoms with Crippen molar-refractivity contribution >= 4 is 10.5 Å². The van der Waals surface area contributed by atoms with Crippen LogP contribution in [0.4, 0.5) is 0 Å². The van der Waals surface area contributed by atoms with Gasteiger partial charge in [0.1, 0.15) is 10.5 Å². The fourth-order valence-corrected chi connectivity index (χ4v) is 1.98. The van der Waals surface area contributed by atoms with Crippen LogP contribution in [0, 0.1) is 11.8 Å². The van der Waals surface area contributed by atoms with Gasteiger partial charge in [0, 0.05) is 6.61 Å². The third-order valence-electron chi connectivity index (χ3n) is 2.18. The van der Waals surface area contributed by atoms with Gasteiger partial charge < -0.3 is 4.43 Å². The minimum atomic E-state index is 0.773. The monoisotopic (exact) mass is 188 g/mol. The lowest BCUT2D eigenvalue weighted by atomic mass is 10.0. The topological polar surface area (TPSA) is 9.23 Å². The van der Waals surface area contributed by atoms with E-state index >= 15 is 0 Å². The molecular weight excluding hydrogens is 164 g/mol. The third-order valence-corrected chi connectivity index (χ3v) is 2.51. The molecule has 0 aromatic rings. The molecule has 0 saturated heterocycles. The molecule has 0 aliphatic carbocycles. The molecule has 0 heterocycles. The summed E-state index contributed by atoms with van der Waals surface area (Å²) in [4.78, 5) is 0. The van der Waals surface area contributed by atoms with Gasteiger partial charge in [-0.1, -0.05) is 40.0 Å². The SMILES string of the molecule is CC(C)CCCCC(C)CO[SiH3]. The Kier molecular flexibility index (Phi) is 7.92. The largest absolute Gasteiger partial charge is 0.428 e. The number of rotatable bonds is 7. The zero-order chi connectivity index (χ0) is 9.40. The highest BCUT2D eigenvalue weighted by Crippen LogP contribution is 2.12. The van der Waals surface area contributed by atoms with Crippen molar-refractivity contribution in [2.45, 2.75) is 46.5 Å². The van der Waals surface area contributed by atoms with Crippen LogP contribution in [0.15, 0.2) is 0 Å². The quantitative estimate of drug-likeness (QED) is 0.439. The minimum absolute atomic E-state index is 0.773. The summed E-state index contributed by atoms with van der Waals surface area (Å²) in [7, 11) is 0.894. The van der Waals surface area contributed by atoms with E-state index in [4.69, 9.17) is 4.43 Å². The molecule has 0 amide bonds. The normalized spacial score (nSPS) is 14.0. The van der Waals surface area contributed by atoms with Gasteiger partial charge in [-0.3, -0.25) is 0 Å². The van der Waals surface area contributed by atoms with E-state index in [-0.39, 0.29) is 0 Å². The third kappa shape index (κ3) is 8.28. The first-order chi connectivity index (χ1) is 5.66. The Balaban J connectivity index is 3.08. The van der Waals surface area contributed by atoms with E-state index < -0.39 is 0 Å². The summed E-state index contributed by atoms with van der Waals surface area (Å²) in [5, 5.41) is 0. The summed E-state index contributed by atoms with van der Waals surface area (Å²) >= 11 is 0. The second-order valence-electron chi connectivity index (χ2n) is 4.24. The van der Waals surface area contributed by atoms with Crippen LogP contribution in [0.25, 0.3) is 0 Å². The molecule has 0 N–H and O–H groups in total. The first-order valence-corrected chi connectivity index (χ1v) is 5.97. The Morgan fingerprint density at radius 3 is 2.17 bits per heavy atom. The maximum atomic E-state index is 5.22. The van der Waals surface area contributed by atoms with Gasteiger partial charge in [0.25, 0.3) is 0 Å². The molecule has 0 aliphatic rings. The van der Waals surface area contributed by atoms with Crippen LogP contribution in [-0.2, 0) is 4.43 Å². The van der Waals surface area contributed by atoms with Crippen molar-refractivity contribution < 1.29 is 4.43 Å². The molecule has 0 bridgehead atoms. The fourth-order valence-electron chi connectivity index (χ4n) is 1.41. The van der Waals surface area contributed by atoms with Crippen molar-refractivity contribution in [2.75, 3.05) is 6.61 Å². The van der Waals surface area contributed by atoms with Crippen LogP contribution in [0.5, 0.6) is 0 Å². The van der Waals surface area contributed by atoms with Crippen LogP contribution >= 0.6 is 0 Å². The summed E-state index contributed by atoms with van der Waals surface area (Å²) in [5.41, 5.74) is 0. The molecule has 0 aromatic heterocycles. The van der Waals surface area contributed by atoms with E-state index in [2.05, 4.69) is 20.8 Å². The molecule has 2 heteroatoms. The zero-order valence-corrected chi connectivity index (χ0v) is 11.1. The molecule has 1 nitrogen and oxygen atoms in total. The average molecular weight is 188 g/mol. The summed E-state index contributed by atoms with van der Waals surface area (Å²) in [6.45, 7) is 7.86. The van der Waals surface area contributed by atoms with E-state index in [1.807, 2.05) is 0 Å². The van der Waals surface area contributed by atoms with Gasteiger partial charge in [-0.25, -0.2) is 0 Å². The number of hydrogen-bond donors (Lipinski definition) is 0. The average Bonchev–Trinajstić information content (AvgIpc) is 1.98. The van der Waals surface area contributed by atoms with Crippen LogP contribution < -0.4 is 0 Å². The first-order valence-electron chi connectivity index (χ1n) is 5.15. The lowest BCUT2D eigenvalue weighted by Gasteiger charge is -2.10. The Morgan fingerprint density at radius 2 is 1.67 bits per heavy atom. The van der Waals surface area contributed by atoms with Crippen molar-refractivity contribution in [3.8, 4) is 0 Å². The van der Waals surface area contributed by atoms with Crippen LogP contribution in [0.3, 0.4) is 0 Å². The Labute approximate surface area is 80.4 Å². The van der Waals surface area contributed by atoms with Gasteiger partial charge in [-0.15, -0.1) is 0 Å². The summed E-state index contributed by atoms with van der Waals surface area (Å²) in [5.74, 6) is 1.64. The summed E-state index contributed by atoms with van der Waals surface area (Å²) in [6, 6.07) is 0. The lowest BCUT2D eigenvalue weighted by Crippen LogP contribution is -2.03. The Hall–Kier alpha value is 0.177. The molecule has 0 radical (unpaired) electrons. The van der Waals surface area contributed by atoms with Crippen molar-refractivity contribution in [3.05, 3.63) is 0 Å². The van der Waals surface area contributed by atoms with Gasteiger partial charge in [-0.05, 0) is 18.3 Å². The number of unbranched alkanes of at least 4 members (excludes halogenated alkanes) is 1. The second kappa shape index (κ2) is 7.81. The molecule has 0 aromatic carbocycles. The van der Waals surface area contributed by atoms with Crippen molar-refractivity contribution in [2.24, 2.45) is 11.8 Å². The van der Waals surface area contributed by atoms with Crippen molar-refractivity contribution in [3.63, 3.8) is 0 Å². The highest BCUT2D eigenvalue weighted by Gasteiger charge is 2.00. The zero-order valence-electron chi connectivity index (χ0n) is 9.10. The fraction of sp³-hybridized carbons (Fsp3) is 1.00. The van der Waals surface area contributed by atoms with E-state index in [1.165, 1.54) is 25.7 Å².